The topological polar surface area (TPSA) is 81.9 Å². The monoisotopic (exact) mass is 294 g/mol. The molecule has 7 nitrogen and oxygen atoms in total. The van der Waals surface area contributed by atoms with E-state index >= 15 is 0 Å². The molecule has 7 heteroatoms. The smallest absolute Gasteiger partial charge is 0.310 e. The van der Waals surface area contributed by atoms with Crippen LogP contribution in [0.25, 0.3) is 0 Å². The van der Waals surface area contributed by atoms with Crippen LogP contribution in [-0.2, 0) is 16.1 Å². The minimum atomic E-state index is -0.437. The van der Waals surface area contributed by atoms with Gasteiger partial charge in [0.1, 0.15) is 5.75 Å². The first kappa shape index (κ1) is 15.2. The van der Waals surface area contributed by atoms with E-state index in [1.807, 2.05) is 0 Å². The van der Waals surface area contributed by atoms with Gasteiger partial charge in [0.2, 0.25) is 0 Å². The number of ether oxygens (including phenoxy) is 2. The van der Waals surface area contributed by atoms with Gasteiger partial charge in [0, 0.05) is 19.2 Å². The van der Waals surface area contributed by atoms with Gasteiger partial charge in [0.05, 0.1) is 31.1 Å². The van der Waals surface area contributed by atoms with Gasteiger partial charge in [-0.25, -0.2) is 0 Å². The van der Waals surface area contributed by atoms with Crippen LogP contribution in [0.5, 0.6) is 5.75 Å². The number of non-ortho nitro benzene ring substituents is 1. The average molecular weight is 294 g/mol. The second kappa shape index (κ2) is 6.53. The Bertz CT molecular complexity index is 546. The summed E-state index contributed by atoms with van der Waals surface area (Å²) in [6, 6.07) is 4.71. The average Bonchev–Trinajstić information content (AvgIpc) is 2.94. The number of carbonyl (C=O) groups excluding carboxylic acids is 1. The Morgan fingerprint density at radius 1 is 1.43 bits per heavy atom. The first-order chi connectivity index (χ1) is 10.0. The van der Waals surface area contributed by atoms with Crippen molar-refractivity contribution >= 4 is 11.7 Å². The lowest BCUT2D eigenvalue weighted by Gasteiger charge is -2.16. The fourth-order valence-corrected chi connectivity index (χ4v) is 2.55. The summed E-state index contributed by atoms with van der Waals surface area (Å²) in [5.41, 5.74) is 0.805. The molecule has 1 fully saturated rings. The Labute approximate surface area is 122 Å². The molecule has 0 saturated carbocycles. The molecule has 1 aromatic rings. The number of rotatable bonds is 5. The van der Waals surface area contributed by atoms with Crippen molar-refractivity contribution in [2.75, 3.05) is 27.3 Å². The van der Waals surface area contributed by atoms with Crippen LogP contribution in [0.15, 0.2) is 18.2 Å². The highest BCUT2D eigenvalue weighted by Crippen LogP contribution is 2.25. The zero-order valence-electron chi connectivity index (χ0n) is 12.1. The second-order valence-electron chi connectivity index (χ2n) is 5.04. The van der Waals surface area contributed by atoms with Crippen molar-refractivity contribution in [2.45, 2.75) is 13.0 Å². The molecule has 0 amide bonds. The van der Waals surface area contributed by atoms with E-state index in [0.717, 1.165) is 18.5 Å². The molecule has 1 heterocycles. The number of hydrogen-bond donors (Lipinski definition) is 0. The third-order valence-corrected chi connectivity index (χ3v) is 3.61. The van der Waals surface area contributed by atoms with Gasteiger partial charge in [0.15, 0.2) is 0 Å². The Kier molecular flexibility index (Phi) is 4.74. The van der Waals surface area contributed by atoms with E-state index in [4.69, 9.17) is 9.47 Å². The Morgan fingerprint density at radius 3 is 2.81 bits per heavy atom. The first-order valence-electron chi connectivity index (χ1n) is 6.66. The predicted molar refractivity (Wildman–Crippen MR) is 75.0 cm³/mol. The highest BCUT2D eigenvalue weighted by molar-refractivity contribution is 5.72. The maximum Gasteiger partial charge on any atom is 0.310 e. The zero-order chi connectivity index (χ0) is 15.4. The molecule has 0 aliphatic carbocycles. The molecule has 1 unspecified atom stereocenters. The van der Waals surface area contributed by atoms with Gasteiger partial charge < -0.3 is 9.47 Å². The van der Waals surface area contributed by atoms with E-state index in [1.165, 1.54) is 26.4 Å². The predicted octanol–water partition coefficient (Wildman–Crippen LogP) is 1.60. The van der Waals surface area contributed by atoms with Crippen LogP contribution in [0.3, 0.4) is 0 Å². The number of likely N-dealkylation sites (tertiary alicyclic amines) is 1. The number of esters is 1. The zero-order valence-corrected chi connectivity index (χ0v) is 12.1. The second-order valence-corrected chi connectivity index (χ2v) is 5.04. The largest absolute Gasteiger partial charge is 0.496 e. The fourth-order valence-electron chi connectivity index (χ4n) is 2.55. The third kappa shape index (κ3) is 3.69. The van der Waals surface area contributed by atoms with Crippen molar-refractivity contribution in [3.8, 4) is 5.75 Å². The summed E-state index contributed by atoms with van der Waals surface area (Å²) in [6.45, 7) is 1.92. The van der Waals surface area contributed by atoms with E-state index in [1.54, 1.807) is 6.07 Å². The van der Waals surface area contributed by atoms with E-state index in [-0.39, 0.29) is 17.6 Å². The van der Waals surface area contributed by atoms with Crippen LogP contribution in [0.1, 0.15) is 12.0 Å². The molecule has 0 spiro atoms. The summed E-state index contributed by atoms with van der Waals surface area (Å²) in [5, 5.41) is 10.9. The molecular formula is C14H18N2O5. The molecule has 1 aromatic carbocycles. The van der Waals surface area contributed by atoms with Crippen molar-refractivity contribution in [1.82, 2.24) is 4.90 Å². The lowest BCUT2D eigenvalue weighted by atomic mass is 10.1. The van der Waals surface area contributed by atoms with Gasteiger partial charge in [-0.05, 0) is 24.6 Å². The summed E-state index contributed by atoms with van der Waals surface area (Å²) in [5.74, 6) is 0.146. The van der Waals surface area contributed by atoms with E-state index in [0.29, 0.717) is 18.8 Å². The molecule has 0 radical (unpaired) electrons. The Balaban J connectivity index is 2.08. The van der Waals surface area contributed by atoms with Crippen molar-refractivity contribution < 1.29 is 19.2 Å². The summed E-state index contributed by atoms with van der Waals surface area (Å²) in [7, 11) is 2.86. The summed E-state index contributed by atoms with van der Waals surface area (Å²) in [4.78, 5) is 24.1. The van der Waals surface area contributed by atoms with Crippen molar-refractivity contribution in [2.24, 2.45) is 5.92 Å². The summed E-state index contributed by atoms with van der Waals surface area (Å²) >= 11 is 0. The molecule has 0 bridgehead atoms. The number of nitro groups is 1. The van der Waals surface area contributed by atoms with E-state index in [2.05, 4.69) is 4.90 Å². The van der Waals surface area contributed by atoms with Crippen LogP contribution in [0, 0.1) is 16.0 Å². The number of hydrogen-bond acceptors (Lipinski definition) is 6. The third-order valence-electron chi connectivity index (χ3n) is 3.61. The lowest BCUT2D eigenvalue weighted by Crippen LogP contribution is -2.23. The van der Waals surface area contributed by atoms with E-state index in [9.17, 15) is 14.9 Å². The Morgan fingerprint density at radius 2 is 2.19 bits per heavy atom. The molecule has 21 heavy (non-hydrogen) atoms. The molecule has 114 valence electrons. The van der Waals surface area contributed by atoms with Gasteiger partial charge in [-0.15, -0.1) is 0 Å². The van der Waals surface area contributed by atoms with Crippen molar-refractivity contribution in [1.29, 1.82) is 0 Å². The molecule has 1 atom stereocenters. The Hall–Kier alpha value is -2.15. The van der Waals surface area contributed by atoms with Gasteiger partial charge in [0.25, 0.3) is 5.69 Å². The normalized spacial score (nSPS) is 18.5. The van der Waals surface area contributed by atoms with E-state index < -0.39 is 4.92 Å². The van der Waals surface area contributed by atoms with Gasteiger partial charge in [-0.3, -0.25) is 19.8 Å². The van der Waals surface area contributed by atoms with Crippen molar-refractivity contribution in [3.63, 3.8) is 0 Å². The highest BCUT2D eigenvalue weighted by Gasteiger charge is 2.29. The summed E-state index contributed by atoms with van der Waals surface area (Å²) < 4.78 is 9.83. The van der Waals surface area contributed by atoms with Crippen molar-refractivity contribution in [3.05, 3.63) is 33.9 Å². The van der Waals surface area contributed by atoms with Gasteiger partial charge in [-0.2, -0.15) is 0 Å². The van der Waals surface area contributed by atoms with Crippen LogP contribution in [0.4, 0.5) is 5.69 Å². The number of carbonyl (C=O) groups is 1. The summed E-state index contributed by atoms with van der Waals surface area (Å²) in [6.07, 6.45) is 0.749. The maximum atomic E-state index is 11.5. The fraction of sp³-hybridized carbons (Fsp3) is 0.500. The van der Waals surface area contributed by atoms with Crippen LogP contribution < -0.4 is 4.74 Å². The molecule has 0 aromatic heterocycles. The molecule has 1 saturated heterocycles. The van der Waals surface area contributed by atoms with Gasteiger partial charge in [-0.1, -0.05) is 0 Å². The van der Waals surface area contributed by atoms with Crippen LogP contribution in [0.2, 0.25) is 0 Å². The molecular weight excluding hydrogens is 276 g/mol. The number of nitro benzene ring substituents is 1. The molecule has 2 rings (SSSR count). The lowest BCUT2D eigenvalue weighted by molar-refractivity contribution is -0.385. The highest BCUT2D eigenvalue weighted by atomic mass is 16.6. The minimum absolute atomic E-state index is 0.00747. The molecule has 1 aliphatic heterocycles. The standard InChI is InChI=1S/C14H18N2O5/c1-20-13-6-10(5-12(7-13)16(18)19)8-15-4-3-11(9-15)14(17)21-2/h5-7,11H,3-4,8-9H2,1-2H3. The molecule has 1 aliphatic rings. The SMILES string of the molecule is COC(=O)C1CCN(Cc2cc(OC)cc([N+](=O)[O-])c2)C1. The molecule has 0 N–H and O–H groups in total. The van der Waals surface area contributed by atoms with Crippen LogP contribution in [-0.4, -0.2) is 43.1 Å². The maximum absolute atomic E-state index is 11.5. The van der Waals surface area contributed by atoms with Gasteiger partial charge >= 0.3 is 5.97 Å². The van der Waals surface area contributed by atoms with Crippen LogP contribution >= 0.6 is 0 Å². The quantitative estimate of drug-likeness (QED) is 0.466. The first-order valence-corrected chi connectivity index (χ1v) is 6.66. The minimum Gasteiger partial charge on any atom is -0.496 e. The number of benzene rings is 1. The number of methoxy groups -OCH3 is 2. The number of nitrogens with zero attached hydrogens (tertiary/aromatic N) is 2.